The quantitative estimate of drug-likeness (QED) is 0.630. The Kier molecular flexibility index (Phi) is 2.78. The lowest BCUT2D eigenvalue weighted by atomic mass is 10.1. The van der Waals surface area contributed by atoms with Gasteiger partial charge in [-0.1, -0.05) is 11.6 Å². The normalized spacial score (nSPS) is 15.6. The monoisotopic (exact) mass is 256 g/mol. The van der Waals surface area contributed by atoms with Crippen LogP contribution in [0.4, 0.5) is 5.69 Å². The summed E-state index contributed by atoms with van der Waals surface area (Å²) in [5.41, 5.74) is 8.42. The van der Waals surface area contributed by atoms with Crippen molar-refractivity contribution >= 4 is 22.6 Å². The third-order valence-corrected chi connectivity index (χ3v) is 3.47. The fourth-order valence-electron chi connectivity index (χ4n) is 2.28. The maximum atomic E-state index is 12.3. The molecular formula is C15H16N2O2. The highest BCUT2D eigenvalue weighted by Crippen LogP contribution is 2.23. The van der Waals surface area contributed by atoms with Crippen LogP contribution in [-0.4, -0.2) is 23.9 Å². The van der Waals surface area contributed by atoms with Crippen LogP contribution < -0.4 is 5.73 Å². The van der Waals surface area contributed by atoms with Gasteiger partial charge in [0.2, 0.25) is 0 Å². The minimum absolute atomic E-state index is 0.0569. The van der Waals surface area contributed by atoms with Crippen molar-refractivity contribution in [3.05, 3.63) is 41.7 Å². The van der Waals surface area contributed by atoms with E-state index in [1.54, 1.807) is 23.1 Å². The van der Waals surface area contributed by atoms with Crippen LogP contribution in [0.15, 0.2) is 40.3 Å². The van der Waals surface area contributed by atoms with Crippen LogP contribution in [0, 0.1) is 0 Å². The first kappa shape index (κ1) is 11.8. The summed E-state index contributed by atoms with van der Waals surface area (Å²) in [7, 11) is 0. The highest BCUT2D eigenvalue weighted by atomic mass is 16.3. The van der Waals surface area contributed by atoms with Crippen molar-refractivity contribution in [3.63, 3.8) is 0 Å². The highest BCUT2D eigenvalue weighted by Gasteiger charge is 2.20. The summed E-state index contributed by atoms with van der Waals surface area (Å²) < 4.78 is 5.60. The number of nitrogens with two attached hydrogens (primary N) is 1. The van der Waals surface area contributed by atoms with Crippen molar-refractivity contribution in [2.45, 2.75) is 13.3 Å². The van der Waals surface area contributed by atoms with E-state index in [0.717, 1.165) is 18.4 Å². The molecule has 1 aliphatic rings. The minimum atomic E-state index is -0.0569. The molecule has 1 aliphatic heterocycles. The summed E-state index contributed by atoms with van der Waals surface area (Å²) in [6.07, 6.45) is 3.01. The number of nitrogen functional groups attached to an aromatic ring is 1. The number of carbonyl (C=O) groups excluding carboxylic acids is 1. The molecule has 0 unspecified atom stereocenters. The van der Waals surface area contributed by atoms with Gasteiger partial charge in [0.05, 0.1) is 0 Å². The summed E-state index contributed by atoms with van der Waals surface area (Å²) >= 11 is 0. The second-order valence-corrected chi connectivity index (χ2v) is 4.96. The van der Waals surface area contributed by atoms with Crippen molar-refractivity contribution in [1.29, 1.82) is 0 Å². The molecule has 3 rings (SSSR count). The molecule has 0 saturated heterocycles. The first-order valence-electron chi connectivity index (χ1n) is 6.37. The molecule has 19 heavy (non-hydrogen) atoms. The average molecular weight is 256 g/mol. The number of hydrogen-bond donors (Lipinski definition) is 1. The number of hydrogen-bond acceptors (Lipinski definition) is 3. The van der Waals surface area contributed by atoms with E-state index in [1.807, 2.05) is 6.07 Å². The molecular weight excluding hydrogens is 240 g/mol. The number of rotatable bonds is 1. The summed E-state index contributed by atoms with van der Waals surface area (Å²) in [4.78, 5) is 14.1. The lowest BCUT2D eigenvalue weighted by molar-refractivity contribution is 0.0739. The molecule has 0 bridgehead atoms. The Bertz CT molecular complexity index is 670. The van der Waals surface area contributed by atoms with Gasteiger partial charge < -0.3 is 15.1 Å². The average Bonchev–Trinajstić information content (AvgIpc) is 2.81. The SMILES string of the molecule is CC1=CCN(C(=O)c2cc3cc(N)ccc3o2)CC1. The van der Waals surface area contributed by atoms with Crippen LogP contribution in [0.25, 0.3) is 11.0 Å². The van der Waals surface area contributed by atoms with E-state index in [1.165, 1.54) is 5.57 Å². The predicted molar refractivity (Wildman–Crippen MR) is 74.9 cm³/mol. The molecule has 2 aromatic rings. The Hall–Kier alpha value is -2.23. The Morgan fingerprint density at radius 3 is 2.95 bits per heavy atom. The van der Waals surface area contributed by atoms with Crippen molar-refractivity contribution in [2.24, 2.45) is 0 Å². The smallest absolute Gasteiger partial charge is 0.289 e. The van der Waals surface area contributed by atoms with Gasteiger partial charge in [0.1, 0.15) is 5.58 Å². The third kappa shape index (κ3) is 2.21. The van der Waals surface area contributed by atoms with Crippen molar-refractivity contribution < 1.29 is 9.21 Å². The van der Waals surface area contributed by atoms with Gasteiger partial charge in [-0.25, -0.2) is 0 Å². The third-order valence-electron chi connectivity index (χ3n) is 3.47. The standard InChI is InChI=1S/C15H16N2O2/c1-10-4-6-17(7-5-10)15(18)14-9-11-8-12(16)2-3-13(11)19-14/h2-4,8-9H,5-7,16H2,1H3. The van der Waals surface area contributed by atoms with E-state index < -0.39 is 0 Å². The van der Waals surface area contributed by atoms with Crippen LogP contribution in [0.2, 0.25) is 0 Å². The Balaban J connectivity index is 1.89. The number of furan rings is 1. The van der Waals surface area contributed by atoms with Crippen molar-refractivity contribution in [3.8, 4) is 0 Å². The minimum Gasteiger partial charge on any atom is -0.451 e. The molecule has 0 aliphatic carbocycles. The molecule has 2 heterocycles. The summed E-state index contributed by atoms with van der Waals surface area (Å²) in [6.45, 7) is 3.50. The van der Waals surface area contributed by atoms with E-state index >= 15 is 0 Å². The van der Waals surface area contributed by atoms with E-state index in [-0.39, 0.29) is 5.91 Å². The Morgan fingerprint density at radius 2 is 2.21 bits per heavy atom. The molecule has 4 heteroatoms. The molecule has 0 radical (unpaired) electrons. The number of amides is 1. The zero-order valence-corrected chi connectivity index (χ0v) is 10.8. The number of nitrogens with zero attached hydrogens (tertiary/aromatic N) is 1. The zero-order chi connectivity index (χ0) is 13.4. The van der Waals surface area contributed by atoms with E-state index in [2.05, 4.69) is 13.0 Å². The summed E-state index contributed by atoms with van der Waals surface area (Å²) in [5.74, 6) is 0.326. The van der Waals surface area contributed by atoms with Crippen molar-refractivity contribution in [2.75, 3.05) is 18.8 Å². The highest BCUT2D eigenvalue weighted by molar-refractivity contribution is 5.96. The molecule has 4 nitrogen and oxygen atoms in total. The van der Waals surface area contributed by atoms with E-state index in [4.69, 9.17) is 10.2 Å². The van der Waals surface area contributed by atoms with Crippen LogP contribution in [0.5, 0.6) is 0 Å². The number of fused-ring (bicyclic) bond motifs is 1. The number of carbonyl (C=O) groups is 1. The second-order valence-electron chi connectivity index (χ2n) is 4.96. The number of benzene rings is 1. The van der Waals surface area contributed by atoms with E-state index in [9.17, 15) is 4.79 Å². The van der Waals surface area contributed by atoms with Crippen LogP contribution in [-0.2, 0) is 0 Å². The van der Waals surface area contributed by atoms with Gasteiger partial charge in [-0.3, -0.25) is 4.79 Å². The van der Waals surface area contributed by atoms with Gasteiger partial charge in [-0.05, 0) is 37.6 Å². The first-order chi connectivity index (χ1) is 9.13. The van der Waals surface area contributed by atoms with Crippen LogP contribution in [0.3, 0.4) is 0 Å². The molecule has 0 atom stereocenters. The molecule has 0 fully saturated rings. The number of anilines is 1. The molecule has 1 aromatic heterocycles. The van der Waals surface area contributed by atoms with Gasteiger partial charge in [0.15, 0.2) is 5.76 Å². The first-order valence-corrected chi connectivity index (χ1v) is 6.37. The van der Waals surface area contributed by atoms with Crippen LogP contribution in [0.1, 0.15) is 23.9 Å². The predicted octanol–water partition coefficient (Wildman–Crippen LogP) is 2.81. The fraction of sp³-hybridized carbons (Fsp3) is 0.267. The fourth-order valence-corrected chi connectivity index (χ4v) is 2.28. The van der Waals surface area contributed by atoms with Gasteiger partial charge in [-0.15, -0.1) is 0 Å². The maximum absolute atomic E-state index is 12.3. The van der Waals surface area contributed by atoms with Gasteiger partial charge in [-0.2, -0.15) is 0 Å². The lowest BCUT2D eigenvalue weighted by Gasteiger charge is -2.24. The van der Waals surface area contributed by atoms with Gasteiger partial charge >= 0.3 is 0 Å². The molecule has 1 aromatic carbocycles. The molecule has 1 amide bonds. The molecule has 0 saturated carbocycles. The van der Waals surface area contributed by atoms with Gasteiger partial charge in [0.25, 0.3) is 5.91 Å². The van der Waals surface area contributed by atoms with E-state index in [0.29, 0.717) is 23.6 Å². The second kappa shape index (κ2) is 4.46. The van der Waals surface area contributed by atoms with Crippen molar-refractivity contribution in [1.82, 2.24) is 4.90 Å². The molecule has 2 N–H and O–H groups in total. The van der Waals surface area contributed by atoms with Gasteiger partial charge in [0, 0.05) is 24.2 Å². The molecule has 98 valence electrons. The summed E-state index contributed by atoms with van der Waals surface area (Å²) in [5, 5.41) is 0.868. The lowest BCUT2D eigenvalue weighted by Crippen LogP contribution is -2.34. The Labute approximate surface area is 111 Å². The summed E-state index contributed by atoms with van der Waals surface area (Å²) in [6, 6.07) is 7.14. The zero-order valence-electron chi connectivity index (χ0n) is 10.8. The topological polar surface area (TPSA) is 59.5 Å². The Morgan fingerprint density at radius 1 is 1.37 bits per heavy atom. The molecule has 0 spiro atoms. The maximum Gasteiger partial charge on any atom is 0.289 e. The van der Waals surface area contributed by atoms with Crippen LogP contribution >= 0.6 is 0 Å². The largest absolute Gasteiger partial charge is 0.451 e.